The van der Waals surface area contributed by atoms with Crippen molar-refractivity contribution in [1.29, 1.82) is 0 Å². The Balaban J connectivity index is 0.000000589. The molecule has 3 aromatic rings. The highest BCUT2D eigenvalue weighted by molar-refractivity contribution is 5.67. The third-order valence-electron chi connectivity index (χ3n) is 4.37. The van der Waals surface area contributed by atoms with Gasteiger partial charge in [0.15, 0.2) is 5.82 Å². The SMILES string of the molecule is CC(C)C.NC1CCc2cc(Nc3nc(-n4cccn4)ccc3[N+](=O)[O-])cc(F)c21. The molecule has 0 fully saturated rings. The van der Waals surface area contributed by atoms with Gasteiger partial charge in [0, 0.05) is 35.8 Å². The number of nitro groups is 1. The van der Waals surface area contributed by atoms with Gasteiger partial charge in [-0.05, 0) is 48.6 Å². The molecule has 0 amide bonds. The summed E-state index contributed by atoms with van der Waals surface area (Å²) < 4.78 is 15.9. The summed E-state index contributed by atoms with van der Waals surface area (Å²) in [5.74, 6) is 0.845. The average Bonchev–Trinajstić information content (AvgIpc) is 3.31. The van der Waals surface area contributed by atoms with Gasteiger partial charge in [-0.25, -0.2) is 14.1 Å². The molecule has 1 aliphatic carbocycles. The summed E-state index contributed by atoms with van der Waals surface area (Å²) in [4.78, 5) is 15.1. The van der Waals surface area contributed by atoms with Crippen LogP contribution in [-0.4, -0.2) is 19.7 Å². The van der Waals surface area contributed by atoms with Crippen LogP contribution in [0.3, 0.4) is 0 Å². The van der Waals surface area contributed by atoms with Crippen molar-refractivity contribution in [3.8, 4) is 5.82 Å². The minimum absolute atomic E-state index is 0.0182. The molecule has 9 heteroatoms. The van der Waals surface area contributed by atoms with Crippen LogP contribution in [0.15, 0.2) is 42.7 Å². The summed E-state index contributed by atoms with van der Waals surface area (Å²) in [7, 11) is 0. The lowest BCUT2D eigenvalue weighted by Crippen LogP contribution is -2.08. The minimum Gasteiger partial charge on any atom is -0.334 e. The van der Waals surface area contributed by atoms with Crippen molar-refractivity contribution >= 4 is 17.2 Å². The predicted molar refractivity (Wildman–Crippen MR) is 113 cm³/mol. The number of nitrogens with two attached hydrogens (primary N) is 1. The molecule has 0 aliphatic heterocycles. The van der Waals surface area contributed by atoms with Gasteiger partial charge in [-0.1, -0.05) is 20.8 Å². The van der Waals surface area contributed by atoms with Crippen LogP contribution in [0.5, 0.6) is 0 Å². The fourth-order valence-corrected chi connectivity index (χ4v) is 3.17. The monoisotopic (exact) mass is 412 g/mol. The van der Waals surface area contributed by atoms with Gasteiger partial charge in [-0.2, -0.15) is 5.10 Å². The van der Waals surface area contributed by atoms with Gasteiger partial charge in [0.25, 0.3) is 0 Å². The van der Waals surface area contributed by atoms with Gasteiger partial charge in [0.05, 0.1) is 4.92 Å². The maximum absolute atomic E-state index is 14.4. The standard InChI is InChI=1S/C17H15FN6O2.C4H10/c18-12-9-11(8-10-2-3-13(19)16(10)12)21-17-14(24(25)26)4-5-15(22-17)23-7-1-6-20-23;1-4(2)3/h1,4-9,13H,2-3,19H2,(H,21,22);4H,1-3H3. The molecule has 0 saturated heterocycles. The number of aryl methyl sites for hydroxylation is 1. The number of rotatable bonds is 4. The molecule has 4 rings (SSSR count). The minimum atomic E-state index is -0.540. The molecule has 1 aromatic carbocycles. The highest BCUT2D eigenvalue weighted by atomic mass is 19.1. The van der Waals surface area contributed by atoms with Crippen molar-refractivity contribution in [2.45, 2.75) is 39.7 Å². The first-order chi connectivity index (χ1) is 14.3. The number of hydrogen-bond acceptors (Lipinski definition) is 6. The molecule has 30 heavy (non-hydrogen) atoms. The van der Waals surface area contributed by atoms with Crippen molar-refractivity contribution in [3.05, 3.63) is 69.8 Å². The van der Waals surface area contributed by atoms with Crippen molar-refractivity contribution in [3.63, 3.8) is 0 Å². The van der Waals surface area contributed by atoms with Crippen LogP contribution in [-0.2, 0) is 6.42 Å². The van der Waals surface area contributed by atoms with E-state index in [1.54, 1.807) is 24.5 Å². The summed E-state index contributed by atoms with van der Waals surface area (Å²) >= 11 is 0. The van der Waals surface area contributed by atoms with Crippen LogP contribution >= 0.6 is 0 Å². The number of anilines is 2. The van der Waals surface area contributed by atoms with E-state index in [1.165, 1.54) is 22.9 Å². The van der Waals surface area contributed by atoms with Crippen LogP contribution in [0.25, 0.3) is 5.82 Å². The van der Waals surface area contributed by atoms with Crippen LogP contribution in [0.4, 0.5) is 21.6 Å². The molecule has 2 aromatic heterocycles. The predicted octanol–water partition coefficient (Wildman–Crippen LogP) is 4.67. The number of nitrogens with one attached hydrogen (secondary N) is 1. The molecule has 1 unspecified atom stereocenters. The number of aromatic nitrogens is 3. The van der Waals surface area contributed by atoms with Crippen LogP contribution in [0.2, 0.25) is 0 Å². The smallest absolute Gasteiger partial charge is 0.311 e. The van der Waals surface area contributed by atoms with Gasteiger partial charge in [0.2, 0.25) is 5.82 Å². The fourth-order valence-electron chi connectivity index (χ4n) is 3.17. The summed E-state index contributed by atoms with van der Waals surface area (Å²) in [5.41, 5.74) is 7.43. The number of fused-ring (bicyclic) bond motifs is 1. The fraction of sp³-hybridized carbons (Fsp3) is 0.333. The Hall–Kier alpha value is -3.33. The molecule has 2 heterocycles. The molecule has 0 saturated carbocycles. The van der Waals surface area contributed by atoms with E-state index in [0.717, 1.165) is 11.5 Å². The first-order valence-corrected chi connectivity index (χ1v) is 9.76. The lowest BCUT2D eigenvalue weighted by atomic mass is 10.1. The Morgan fingerprint density at radius 1 is 1.33 bits per heavy atom. The molecule has 158 valence electrons. The Morgan fingerprint density at radius 3 is 2.70 bits per heavy atom. The lowest BCUT2D eigenvalue weighted by molar-refractivity contribution is -0.384. The van der Waals surface area contributed by atoms with Gasteiger partial charge >= 0.3 is 5.69 Å². The van der Waals surface area contributed by atoms with Gasteiger partial charge in [-0.3, -0.25) is 10.1 Å². The van der Waals surface area contributed by atoms with Crippen LogP contribution < -0.4 is 11.1 Å². The summed E-state index contributed by atoms with van der Waals surface area (Å²) in [5, 5.41) is 18.2. The number of benzene rings is 1. The quantitative estimate of drug-likeness (QED) is 0.476. The molecule has 1 aliphatic rings. The molecule has 0 bridgehead atoms. The third-order valence-corrected chi connectivity index (χ3v) is 4.37. The molecule has 1 atom stereocenters. The van der Waals surface area contributed by atoms with Gasteiger partial charge in [-0.15, -0.1) is 0 Å². The first kappa shape index (κ1) is 21.4. The highest BCUT2D eigenvalue weighted by Gasteiger charge is 2.24. The van der Waals surface area contributed by atoms with Crippen molar-refractivity contribution < 1.29 is 9.31 Å². The van der Waals surface area contributed by atoms with E-state index < -0.39 is 10.7 Å². The van der Waals surface area contributed by atoms with E-state index in [-0.39, 0.29) is 17.5 Å². The largest absolute Gasteiger partial charge is 0.334 e. The highest BCUT2D eigenvalue weighted by Crippen LogP contribution is 2.35. The molecule has 3 N–H and O–H groups in total. The van der Waals surface area contributed by atoms with Crippen LogP contribution in [0.1, 0.15) is 44.4 Å². The summed E-state index contributed by atoms with van der Waals surface area (Å²) in [6.07, 6.45) is 4.61. The maximum atomic E-state index is 14.4. The van der Waals surface area contributed by atoms with Crippen molar-refractivity contribution in [2.75, 3.05) is 5.32 Å². The first-order valence-electron chi connectivity index (χ1n) is 9.76. The molecular weight excluding hydrogens is 387 g/mol. The Bertz CT molecular complexity index is 1030. The normalized spacial score (nSPS) is 14.8. The summed E-state index contributed by atoms with van der Waals surface area (Å²) in [6, 6.07) is 7.29. The van der Waals surface area contributed by atoms with E-state index in [0.29, 0.717) is 29.9 Å². The molecule has 0 radical (unpaired) electrons. The Kier molecular flexibility index (Phi) is 6.41. The third kappa shape index (κ3) is 4.80. The van der Waals surface area contributed by atoms with E-state index in [1.807, 2.05) is 0 Å². The van der Waals surface area contributed by atoms with Crippen LogP contribution in [0, 0.1) is 21.8 Å². The van der Waals surface area contributed by atoms with E-state index in [4.69, 9.17) is 5.73 Å². The van der Waals surface area contributed by atoms with E-state index >= 15 is 0 Å². The lowest BCUT2D eigenvalue weighted by Gasteiger charge is -2.12. The van der Waals surface area contributed by atoms with Gasteiger partial charge < -0.3 is 11.1 Å². The second-order valence-corrected chi connectivity index (χ2v) is 7.78. The Labute approximate surface area is 174 Å². The van der Waals surface area contributed by atoms with Crippen molar-refractivity contribution in [2.24, 2.45) is 11.7 Å². The number of halogens is 1. The second-order valence-electron chi connectivity index (χ2n) is 7.78. The second kappa shape index (κ2) is 9.00. The maximum Gasteiger partial charge on any atom is 0.311 e. The number of pyridine rings is 1. The Morgan fingerprint density at radius 2 is 2.07 bits per heavy atom. The van der Waals surface area contributed by atoms with Gasteiger partial charge in [0.1, 0.15) is 5.82 Å². The number of nitrogens with zero attached hydrogens (tertiary/aromatic N) is 4. The summed E-state index contributed by atoms with van der Waals surface area (Å²) in [6.45, 7) is 6.50. The molecule has 8 nitrogen and oxygen atoms in total. The zero-order valence-corrected chi connectivity index (χ0v) is 17.2. The van der Waals surface area contributed by atoms with E-state index in [2.05, 4.69) is 36.2 Å². The van der Waals surface area contributed by atoms with Crippen molar-refractivity contribution in [1.82, 2.24) is 14.8 Å². The zero-order valence-electron chi connectivity index (χ0n) is 17.2. The topological polar surface area (TPSA) is 112 Å². The molecule has 0 spiro atoms. The number of hydrogen-bond donors (Lipinski definition) is 2. The average molecular weight is 412 g/mol. The zero-order chi connectivity index (χ0) is 21.8. The van der Waals surface area contributed by atoms with E-state index in [9.17, 15) is 14.5 Å². The molecular formula is C21H25FN6O2.